The molecule has 0 aliphatic heterocycles. The van der Waals surface area contributed by atoms with Gasteiger partial charge in [0.15, 0.2) is 11.6 Å². The first-order valence-corrected chi connectivity index (χ1v) is 7.62. The van der Waals surface area contributed by atoms with Crippen molar-refractivity contribution in [1.82, 2.24) is 0 Å². The number of methoxy groups -OCH3 is 1. The summed E-state index contributed by atoms with van der Waals surface area (Å²) in [5, 5.41) is 5.09. The van der Waals surface area contributed by atoms with Gasteiger partial charge in [-0.3, -0.25) is 0 Å². The number of hydrogen-bond acceptors (Lipinski definition) is 3. The van der Waals surface area contributed by atoms with Gasteiger partial charge in [0.2, 0.25) is 0 Å². The predicted octanol–water partition coefficient (Wildman–Crippen LogP) is 5.31. The van der Waals surface area contributed by atoms with Crippen LogP contribution in [0.1, 0.15) is 4.88 Å². The molecule has 5 heteroatoms. The van der Waals surface area contributed by atoms with E-state index in [1.54, 1.807) is 23.5 Å². The van der Waals surface area contributed by atoms with Gasteiger partial charge in [-0.05, 0) is 18.2 Å². The van der Waals surface area contributed by atoms with Gasteiger partial charge < -0.3 is 10.1 Å². The Morgan fingerprint density at radius 3 is 2.81 bits per heavy atom. The van der Waals surface area contributed by atoms with Crippen molar-refractivity contribution in [3.05, 3.63) is 58.2 Å². The zero-order chi connectivity index (χ0) is 14.8. The van der Waals surface area contributed by atoms with E-state index < -0.39 is 0 Å². The average Bonchev–Trinajstić information content (AvgIpc) is 2.83. The second kappa shape index (κ2) is 5.92. The van der Waals surface area contributed by atoms with E-state index in [2.05, 4.69) is 11.4 Å². The normalized spacial score (nSPS) is 10.8. The van der Waals surface area contributed by atoms with Crippen LogP contribution in [0.5, 0.6) is 5.75 Å². The molecule has 3 aromatic rings. The number of benzene rings is 2. The highest BCUT2D eigenvalue weighted by atomic mass is 35.5. The highest BCUT2D eigenvalue weighted by Crippen LogP contribution is 2.35. The first kappa shape index (κ1) is 14.2. The van der Waals surface area contributed by atoms with Crippen LogP contribution >= 0.6 is 22.9 Å². The summed E-state index contributed by atoms with van der Waals surface area (Å²) >= 11 is 8.05. The third-order valence-corrected chi connectivity index (χ3v) is 4.92. The smallest absolute Gasteiger partial charge is 0.165 e. The Morgan fingerprint density at radius 2 is 2.05 bits per heavy atom. The van der Waals surface area contributed by atoms with E-state index in [0.717, 1.165) is 25.7 Å². The maximum atomic E-state index is 13.4. The van der Waals surface area contributed by atoms with Crippen molar-refractivity contribution in [3.63, 3.8) is 0 Å². The highest BCUT2D eigenvalue weighted by molar-refractivity contribution is 7.19. The van der Waals surface area contributed by atoms with Crippen molar-refractivity contribution >= 4 is 38.7 Å². The van der Waals surface area contributed by atoms with Gasteiger partial charge in [0.05, 0.1) is 18.7 Å². The van der Waals surface area contributed by atoms with Gasteiger partial charge in [0.1, 0.15) is 0 Å². The van der Waals surface area contributed by atoms with E-state index in [-0.39, 0.29) is 11.6 Å². The zero-order valence-corrected chi connectivity index (χ0v) is 12.9. The Kier molecular flexibility index (Phi) is 3.99. The number of anilines is 1. The monoisotopic (exact) mass is 321 g/mol. The van der Waals surface area contributed by atoms with Crippen LogP contribution in [0, 0.1) is 5.82 Å². The van der Waals surface area contributed by atoms with Crippen LogP contribution in [0.2, 0.25) is 5.02 Å². The van der Waals surface area contributed by atoms with E-state index in [4.69, 9.17) is 16.3 Å². The molecule has 0 amide bonds. The maximum Gasteiger partial charge on any atom is 0.165 e. The number of nitrogens with one attached hydrogen (secondary N) is 1. The van der Waals surface area contributed by atoms with Crippen LogP contribution in [-0.4, -0.2) is 7.11 Å². The standard InChI is InChI=1S/C16H13ClFNOS/c1-20-13-8-10(6-7-12(13)18)19-9-15-16(17)11-4-2-3-5-14(11)21-15/h2-8,19H,9H2,1H3. The summed E-state index contributed by atoms with van der Waals surface area (Å²) in [5.74, 6) is -0.148. The Morgan fingerprint density at radius 1 is 1.24 bits per heavy atom. The Hall–Kier alpha value is -1.78. The number of ether oxygens (including phenoxy) is 1. The third-order valence-electron chi connectivity index (χ3n) is 3.21. The molecule has 0 unspecified atom stereocenters. The SMILES string of the molecule is COc1cc(NCc2sc3ccccc3c2Cl)ccc1F. The summed E-state index contributed by atoms with van der Waals surface area (Å²) in [6, 6.07) is 12.7. The fourth-order valence-corrected chi connectivity index (χ4v) is 3.57. The van der Waals surface area contributed by atoms with Crippen LogP contribution in [0.15, 0.2) is 42.5 Å². The number of halogens is 2. The number of fused-ring (bicyclic) bond motifs is 1. The van der Waals surface area contributed by atoms with Gasteiger partial charge in [0, 0.05) is 26.7 Å². The van der Waals surface area contributed by atoms with E-state index in [1.807, 2.05) is 18.2 Å². The number of rotatable bonds is 4. The molecule has 0 saturated heterocycles. The lowest BCUT2D eigenvalue weighted by atomic mass is 10.2. The lowest BCUT2D eigenvalue weighted by molar-refractivity contribution is 0.387. The minimum Gasteiger partial charge on any atom is -0.494 e. The van der Waals surface area contributed by atoms with E-state index in [0.29, 0.717) is 6.54 Å². The lowest BCUT2D eigenvalue weighted by Gasteiger charge is -2.08. The molecule has 0 spiro atoms. The van der Waals surface area contributed by atoms with Crippen molar-refractivity contribution < 1.29 is 9.13 Å². The molecule has 2 nitrogen and oxygen atoms in total. The Labute approximate surface area is 131 Å². The second-order valence-electron chi connectivity index (χ2n) is 4.54. The predicted molar refractivity (Wildman–Crippen MR) is 87.1 cm³/mol. The molecule has 0 fully saturated rings. The summed E-state index contributed by atoms with van der Waals surface area (Å²) < 4.78 is 19.5. The molecule has 0 bridgehead atoms. The minimum absolute atomic E-state index is 0.224. The minimum atomic E-state index is -0.372. The van der Waals surface area contributed by atoms with Crippen molar-refractivity contribution in [2.24, 2.45) is 0 Å². The highest BCUT2D eigenvalue weighted by Gasteiger charge is 2.10. The van der Waals surface area contributed by atoms with Crippen LogP contribution in [-0.2, 0) is 6.54 Å². The van der Waals surface area contributed by atoms with Gasteiger partial charge in [0.25, 0.3) is 0 Å². The molecule has 108 valence electrons. The molecular weight excluding hydrogens is 309 g/mol. The molecule has 0 aliphatic rings. The van der Waals surface area contributed by atoms with Gasteiger partial charge in [-0.1, -0.05) is 29.8 Å². The quantitative estimate of drug-likeness (QED) is 0.702. The summed E-state index contributed by atoms with van der Waals surface area (Å²) in [6.07, 6.45) is 0. The first-order chi connectivity index (χ1) is 10.2. The fourth-order valence-electron chi connectivity index (χ4n) is 2.13. The number of thiophene rings is 1. The molecule has 21 heavy (non-hydrogen) atoms. The van der Waals surface area contributed by atoms with Gasteiger partial charge >= 0.3 is 0 Å². The average molecular weight is 322 g/mol. The van der Waals surface area contributed by atoms with Crippen molar-refractivity contribution in [2.75, 3.05) is 12.4 Å². The van der Waals surface area contributed by atoms with Crippen LogP contribution in [0.4, 0.5) is 10.1 Å². The summed E-state index contributed by atoms with van der Waals surface area (Å²) in [4.78, 5) is 1.06. The second-order valence-corrected chi connectivity index (χ2v) is 6.05. The third kappa shape index (κ3) is 2.82. The molecule has 0 atom stereocenters. The largest absolute Gasteiger partial charge is 0.494 e. The molecule has 0 radical (unpaired) electrons. The van der Waals surface area contributed by atoms with Gasteiger partial charge in [-0.15, -0.1) is 11.3 Å². The first-order valence-electron chi connectivity index (χ1n) is 6.42. The summed E-state index contributed by atoms with van der Waals surface area (Å²) in [6.45, 7) is 0.590. The van der Waals surface area contributed by atoms with E-state index in [9.17, 15) is 4.39 Å². The van der Waals surface area contributed by atoms with Gasteiger partial charge in [-0.25, -0.2) is 4.39 Å². The molecule has 1 heterocycles. The number of hydrogen-bond donors (Lipinski definition) is 1. The Balaban J connectivity index is 1.82. The fraction of sp³-hybridized carbons (Fsp3) is 0.125. The van der Waals surface area contributed by atoms with E-state index in [1.165, 1.54) is 13.2 Å². The van der Waals surface area contributed by atoms with Crippen LogP contribution < -0.4 is 10.1 Å². The lowest BCUT2D eigenvalue weighted by Crippen LogP contribution is -1.99. The molecular formula is C16H13ClFNOS. The Bertz CT molecular complexity index is 787. The molecule has 1 aromatic heterocycles. The molecule has 0 aliphatic carbocycles. The molecule has 0 saturated carbocycles. The topological polar surface area (TPSA) is 21.3 Å². The summed E-state index contributed by atoms with van der Waals surface area (Å²) in [7, 11) is 1.45. The van der Waals surface area contributed by atoms with Crippen LogP contribution in [0.25, 0.3) is 10.1 Å². The maximum absolute atomic E-state index is 13.4. The van der Waals surface area contributed by atoms with Crippen molar-refractivity contribution in [1.29, 1.82) is 0 Å². The van der Waals surface area contributed by atoms with Gasteiger partial charge in [-0.2, -0.15) is 0 Å². The van der Waals surface area contributed by atoms with Crippen LogP contribution in [0.3, 0.4) is 0 Å². The van der Waals surface area contributed by atoms with Crippen molar-refractivity contribution in [3.8, 4) is 5.75 Å². The van der Waals surface area contributed by atoms with Crippen molar-refractivity contribution in [2.45, 2.75) is 6.54 Å². The zero-order valence-electron chi connectivity index (χ0n) is 11.3. The van der Waals surface area contributed by atoms with E-state index >= 15 is 0 Å². The molecule has 2 aromatic carbocycles. The summed E-state index contributed by atoms with van der Waals surface area (Å²) in [5.41, 5.74) is 0.793. The molecule has 3 rings (SSSR count). The molecule has 1 N–H and O–H groups in total.